The first-order valence-corrected chi connectivity index (χ1v) is 2.77. The van der Waals surface area contributed by atoms with Crippen LogP contribution < -0.4 is 0 Å². The molecule has 0 radical (unpaired) electrons. The van der Waals surface area contributed by atoms with E-state index in [1.54, 1.807) is 17.4 Å². The van der Waals surface area contributed by atoms with Gasteiger partial charge in [-0.25, -0.2) is 4.85 Å². The number of nitrogens with zero attached hydrogens (tertiary/aromatic N) is 1. The number of rotatable bonds is 0. The Morgan fingerprint density at radius 1 is 1.71 bits per heavy atom. The van der Waals surface area contributed by atoms with Crippen molar-refractivity contribution in [3.05, 3.63) is 28.2 Å². The molecule has 0 aromatic carbocycles. The van der Waals surface area contributed by atoms with Crippen LogP contribution in [0.15, 0.2) is 16.8 Å². The smallest absolute Gasteiger partial charge is 0.197 e. The van der Waals surface area contributed by atoms with E-state index in [0.717, 1.165) is 5.69 Å². The molecule has 1 rings (SSSR count). The fourth-order valence-corrected chi connectivity index (χ4v) is 0.888. The van der Waals surface area contributed by atoms with Crippen molar-refractivity contribution in [3.63, 3.8) is 0 Å². The predicted octanol–water partition coefficient (Wildman–Crippen LogP) is 2.30. The molecule has 1 heterocycles. The van der Waals surface area contributed by atoms with Crippen LogP contribution in [0.1, 0.15) is 0 Å². The summed E-state index contributed by atoms with van der Waals surface area (Å²) in [6.07, 6.45) is 0. The van der Waals surface area contributed by atoms with E-state index in [4.69, 9.17) is 6.57 Å². The monoisotopic (exact) mass is 109 g/mol. The first-order valence-electron chi connectivity index (χ1n) is 1.83. The Morgan fingerprint density at radius 3 is 2.86 bits per heavy atom. The van der Waals surface area contributed by atoms with Crippen LogP contribution >= 0.6 is 11.3 Å². The van der Waals surface area contributed by atoms with Crippen molar-refractivity contribution in [1.82, 2.24) is 0 Å². The third kappa shape index (κ3) is 0.787. The molecule has 0 saturated carbocycles. The van der Waals surface area contributed by atoms with E-state index in [1.165, 1.54) is 0 Å². The van der Waals surface area contributed by atoms with E-state index in [9.17, 15) is 0 Å². The molecule has 7 heavy (non-hydrogen) atoms. The van der Waals surface area contributed by atoms with Gasteiger partial charge in [0.2, 0.25) is 0 Å². The Bertz CT molecular complexity index is 170. The summed E-state index contributed by atoms with van der Waals surface area (Å²) in [7, 11) is 0. The zero-order valence-electron chi connectivity index (χ0n) is 3.59. The highest BCUT2D eigenvalue weighted by molar-refractivity contribution is 7.08. The lowest BCUT2D eigenvalue weighted by Gasteiger charge is -1.64. The molecule has 1 nitrogen and oxygen atoms in total. The van der Waals surface area contributed by atoms with Gasteiger partial charge < -0.3 is 0 Å². The standard InChI is InChI=1S/C5H3NS/c1-6-5-2-3-7-4-5/h2-4H. The first-order chi connectivity index (χ1) is 3.43. The number of hydrogen-bond donors (Lipinski definition) is 0. The number of thiophene rings is 1. The molecule has 0 spiro atoms. The van der Waals surface area contributed by atoms with E-state index in [-0.39, 0.29) is 0 Å². The molecule has 0 bridgehead atoms. The highest BCUT2D eigenvalue weighted by atomic mass is 32.1. The zero-order valence-corrected chi connectivity index (χ0v) is 4.40. The second-order valence-corrected chi connectivity index (χ2v) is 1.87. The Labute approximate surface area is 46.0 Å². The van der Waals surface area contributed by atoms with Crippen molar-refractivity contribution in [2.24, 2.45) is 0 Å². The maximum atomic E-state index is 6.49. The van der Waals surface area contributed by atoms with Gasteiger partial charge in [-0.15, -0.1) is 0 Å². The molecular weight excluding hydrogens is 106 g/mol. The Morgan fingerprint density at radius 2 is 2.57 bits per heavy atom. The minimum atomic E-state index is 0.741. The van der Waals surface area contributed by atoms with Crippen molar-refractivity contribution in [1.29, 1.82) is 0 Å². The molecule has 1 aromatic heterocycles. The van der Waals surface area contributed by atoms with Crippen LogP contribution in [0.3, 0.4) is 0 Å². The van der Waals surface area contributed by atoms with Crippen molar-refractivity contribution >= 4 is 17.0 Å². The second kappa shape index (κ2) is 1.76. The van der Waals surface area contributed by atoms with Gasteiger partial charge in [-0.05, 0) is 16.8 Å². The average Bonchev–Trinajstić information content (AvgIpc) is 2.14. The van der Waals surface area contributed by atoms with Gasteiger partial charge in [0.25, 0.3) is 0 Å². The second-order valence-electron chi connectivity index (χ2n) is 1.09. The maximum Gasteiger partial charge on any atom is 0.197 e. The first kappa shape index (κ1) is 4.35. The Kier molecular flexibility index (Phi) is 1.10. The summed E-state index contributed by atoms with van der Waals surface area (Å²) in [5.41, 5.74) is 0.741. The summed E-state index contributed by atoms with van der Waals surface area (Å²) in [5, 5.41) is 3.72. The van der Waals surface area contributed by atoms with Crippen molar-refractivity contribution < 1.29 is 0 Å². The lowest BCUT2D eigenvalue weighted by Crippen LogP contribution is -1.34. The zero-order chi connectivity index (χ0) is 5.11. The molecule has 0 N–H and O–H groups in total. The molecule has 34 valence electrons. The molecular formula is C5H3NS. The van der Waals surface area contributed by atoms with Crippen LogP contribution in [0.4, 0.5) is 5.69 Å². The van der Waals surface area contributed by atoms with E-state index in [1.807, 2.05) is 10.8 Å². The van der Waals surface area contributed by atoms with Crippen molar-refractivity contribution in [3.8, 4) is 0 Å². The Hall–Kier alpha value is -0.810. The van der Waals surface area contributed by atoms with Crippen molar-refractivity contribution in [2.75, 3.05) is 0 Å². The normalized spacial score (nSPS) is 7.86. The summed E-state index contributed by atoms with van der Waals surface area (Å²) in [4.78, 5) is 3.19. The van der Waals surface area contributed by atoms with Crippen LogP contribution in [0.5, 0.6) is 0 Å². The molecule has 0 fully saturated rings. The summed E-state index contributed by atoms with van der Waals surface area (Å²) in [6.45, 7) is 6.49. The summed E-state index contributed by atoms with van der Waals surface area (Å²) in [6, 6.07) is 1.80. The van der Waals surface area contributed by atoms with Gasteiger partial charge in [0, 0.05) is 0 Å². The SMILES string of the molecule is [C-]#[N+]c1ccsc1. The topological polar surface area (TPSA) is 4.36 Å². The van der Waals surface area contributed by atoms with Gasteiger partial charge in [-0.1, -0.05) is 0 Å². The van der Waals surface area contributed by atoms with Crippen LogP contribution in [-0.4, -0.2) is 0 Å². The summed E-state index contributed by atoms with van der Waals surface area (Å²) < 4.78 is 0. The van der Waals surface area contributed by atoms with Gasteiger partial charge in [-0.3, -0.25) is 0 Å². The number of hydrogen-bond acceptors (Lipinski definition) is 1. The third-order valence-electron chi connectivity index (χ3n) is 0.635. The van der Waals surface area contributed by atoms with Gasteiger partial charge >= 0.3 is 0 Å². The molecule has 2 heteroatoms. The van der Waals surface area contributed by atoms with Crippen molar-refractivity contribution in [2.45, 2.75) is 0 Å². The maximum absolute atomic E-state index is 6.49. The molecule has 0 unspecified atom stereocenters. The Balaban J connectivity index is 3.04. The summed E-state index contributed by atoms with van der Waals surface area (Å²) in [5.74, 6) is 0. The van der Waals surface area contributed by atoms with E-state index < -0.39 is 0 Å². The molecule has 0 aliphatic heterocycles. The molecule has 0 aliphatic rings. The van der Waals surface area contributed by atoms with Crippen LogP contribution in [0.25, 0.3) is 4.85 Å². The molecule has 0 saturated heterocycles. The van der Waals surface area contributed by atoms with Gasteiger partial charge in [0.05, 0.1) is 6.57 Å². The highest BCUT2D eigenvalue weighted by Crippen LogP contribution is 2.14. The molecule has 0 amide bonds. The van der Waals surface area contributed by atoms with Gasteiger partial charge in [0.15, 0.2) is 5.69 Å². The van der Waals surface area contributed by atoms with E-state index in [0.29, 0.717) is 0 Å². The largest absolute Gasteiger partial charge is 0.237 e. The quantitative estimate of drug-likeness (QED) is 0.450. The predicted molar refractivity (Wildman–Crippen MR) is 30.6 cm³/mol. The minimum absolute atomic E-state index is 0.741. The highest BCUT2D eigenvalue weighted by Gasteiger charge is 1.82. The van der Waals surface area contributed by atoms with E-state index in [2.05, 4.69) is 4.85 Å². The lowest BCUT2D eigenvalue weighted by molar-refractivity contribution is 1.97. The average molecular weight is 109 g/mol. The molecule has 0 aliphatic carbocycles. The molecule has 1 aromatic rings. The van der Waals surface area contributed by atoms with Crippen LogP contribution in [0, 0.1) is 6.57 Å². The lowest BCUT2D eigenvalue weighted by atomic mass is 10.6. The fraction of sp³-hybridized carbons (Fsp3) is 0. The fourth-order valence-electron chi connectivity index (χ4n) is 0.321. The van der Waals surface area contributed by atoms with E-state index >= 15 is 0 Å². The minimum Gasteiger partial charge on any atom is -0.237 e. The van der Waals surface area contributed by atoms with Gasteiger partial charge in [0.1, 0.15) is 0 Å². The third-order valence-corrected chi connectivity index (χ3v) is 1.31. The summed E-state index contributed by atoms with van der Waals surface area (Å²) >= 11 is 1.55. The molecule has 0 atom stereocenters. The van der Waals surface area contributed by atoms with Crippen LogP contribution in [0.2, 0.25) is 0 Å². The van der Waals surface area contributed by atoms with Crippen LogP contribution in [-0.2, 0) is 0 Å². The van der Waals surface area contributed by atoms with Gasteiger partial charge in [-0.2, -0.15) is 11.3 Å².